The van der Waals surface area contributed by atoms with Gasteiger partial charge in [-0.3, -0.25) is 0 Å². The van der Waals surface area contributed by atoms with Crippen molar-refractivity contribution in [1.29, 1.82) is 0 Å². The highest BCUT2D eigenvalue weighted by Gasteiger charge is 2.35. The summed E-state index contributed by atoms with van der Waals surface area (Å²) in [7, 11) is 0. The first-order valence-electron chi connectivity index (χ1n) is 16.3. The lowest BCUT2D eigenvalue weighted by atomic mass is 9.81. The number of fused-ring (bicyclic) bond motifs is 5. The number of nitrogens with zero attached hydrogens (tertiary/aromatic N) is 2. The number of hydrogen-bond donors (Lipinski definition) is 0. The maximum absolute atomic E-state index is 5.24. The van der Waals surface area contributed by atoms with Gasteiger partial charge in [0.2, 0.25) is 0 Å². The van der Waals surface area contributed by atoms with Gasteiger partial charge in [0.15, 0.2) is 5.82 Å². The van der Waals surface area contributed by atoms with Crippen LogP contribution in [-0.4, -0.2) is 9.97 Å². The Hall–Kier alpha value is -5.86. The van der Waals surface area contributed by atoms with E-state index in [2.05, 4.69) is 166 Å². The van der Waals surface area contributed by atoms with Crippen molar-refractivity contribution in [1.82, 2.24) is 9.97 Å². The SMILES string of the molecule is CC1(C)c2ccccc2-c2ccc(-c3ccc(-c4nc(-c5ccccc5)cc(-c5ccc6ccccc6c5)n4)c4ccccc34)cc21. The summed E-state index contributed by atoms with van der Waals surface area (Å²) in [4.78, 5) is 10.4. The largest absolute Gasteiger partial charge is 0.228 e. The molecule has 0 fully saturated rings. The summed E-state index contributed by atoms with van der Waals surface area (Å²) in [5.41, 5.74) is 12.8. The fourth-order valence-electron chi connectivity index (χ4n) is 7.44. The smallest absolute Gasteiger partial charge is 0.161 e. The van der Waals surface area contributed by atoms with Gasteiger partial charge in [-0.05, 0) is 79.2 Å². The van der Waals surface area contributed by atoms with E-state index in [1.54, 1.807) is 0 Å². The zero-order chi connectivity index (χ0) is 31.5. The second kappa shape index (κ2) is 10.6. The molecule has 0 unspecified atom stereocenters. The lowest BCUT2D eigenvalue weighted by molar-refractivity contribution is 0.660. The fourth-order valence-corrected chi connectivity index (χ4v) is 7.44. The molecule has 1 heterocycles. The Balaban J connectivity index is 1.22. The van der Waals surface area contributed by atoms with E-state index in [4.69, 9.17) is 9.97 Å². The Kier molecular flexibility index (Phi) is 6.20. The molecule has 0 radical (unpaired) electrons. The standard InChI is InChI=1S/C45H32N2/c1-45(2)40-19-11-10-18-37(40)38-23-22-32(27-41(38)45)34-24-25-39(36-17-9-8-16-35(34)36)44-46-42(30-13-4-3-5-14-30)28-43(47-44)33-21-20-29-12-6-7-15-31(29)26-33/h3-28H,1-2H3. The van der Waals surface area contributed by atoms with Crippen molar-refractivity contribution < 1.29 is 0 Å². The van der Waals surface area contributed by atoms with Gasteiger partial charge in [-0.25, -0.2) is 9.97 Å². The van der Waals surface area contributed by atoms with E-state index in [1.165, 1.54) is 49.5 Å². The summed E-state index contributed by atoms with van der Waals surface area (Å²) in [6.45, 7) is 4.68. The van der Waals surface area contributed by atoms with E-state index < -0.39 is 0 Å². The molecule has 1 aliphatic rings. The van der Waals surface area contributed by atoms with Gasteiger partial charge in [0, 0.05) is 22.1 Å². The lowest BCUT2D eigenvalue weighted by Gasteiger charge is -2.22. The highest BCUT2D eigenvalue weighted by molar-refractivity contribution is 6.04. The minimum atomic E-state index is -0.0530. The van der Waals surface area contributed by atoms with Gasteiger partial charge >= 0.3 is 0 Å². The number of hydrogen-bond acceptors (Lipinski definition) is 2. The zero-order valence-corrected chi connectivity index (χ0v) is 26.4. The molecule has 2 heteroatoms. The molecule has 0 spiro atoms. The molecule has 1 aromatic heterocycles. The molecule has 222 valence electrons. The molecule has 0 aliphatic heterocycles. The highest BCUT2D eigenvalue weighted by Crippen LogP contribution is 2.50. The van der Waals surface area contributed by atoms with Crippen LogP contribution in [0, 0.1) is 0 Å². The topological polar surface area (TPSA) is 25.8 Å². The Morgan fingerprint density at radius 2 is 0.979 bits per heavy atom. The van der Waals surface area contributed by atoms with Gasteiger partial charge in [-0.1, -0.05) is 147 Å². The highest BCUT2D eigenvalue weighted by atomic mass is 14.9. The predicted molar refractivity (Wildman–Crippen MR) is 196 cm³/mol. The van der Waals surface area contributed by atoms with Gasteiger partial charge < -0.3 is 0 Å². The van der Waals surface area contributed by atoms with Gasteiger partial charge in [-0.15, -0.1) is 0 Å². The second-order valence-electron chi connectivity index (χ2n) is 13.0. The van der Waals surface area contributed by atoms with E-state index in [1.807, 2.05) is 6.07 Å². The van der Waals surface area contributed by atoms with Gasteiger partial charge in [0.05, 0.1) is 11.4 Å². The molecule has 0 saturated heterocycles. The van der Waals surface area contributed by atoms with Gasteiger partial charge in [-0.2, -0.15) is 0 Å². The van der Waals surface area contributed by atoms with Crippen molar-refractivity contribution in [2.24, 2.45) is 0 Å². The Bertz CT molecular complexity index is 2490. The third kappa shape index (κ3) is 4.48. The molecule has 0 bridgehead atoms. The van der Waals surface area contributed by atoms with Gasteiger partial charge in [0.1, 0.15) is 0 Å². The van der Waals surface area contributed by atoms with Crippen LogP contribution in [0.25, 0.3) is 77.7 Å². The van der Waals surface area contributed by atoms with E-state index in [0.717, 1.165) is 39.3 Å². The molecular formula is C45H32N2. The van der Waals surface area contributed by atoms with Crippen LogP contribution in [0.5, 0.6) is 0 Å². The monoisotopic (exact) mass is 600 g/mol. The molecule has 7 aromatic carbocycles. The van der Waals surface area contributed by atoms with E-state index in [-0.39, 0.29) is 5.41 Å². The summed E-state index contributed by atoms with van der Waals surface area (Å²) >= 11 is 0. The van der Waals surface area contributed by atoms with Crippen molar-refractivity contribution in [2.45, 2.75) is 19.3 Å². The molecule has 1 aliphatic carbocycles. The Morgan fingerprint density at radius 1 is 0.383 bits per heavy atom. The van der Waals surface area contributed by atoms with Crippen LogP contribution in [0.4, 0.5) is 0 Å². The van der Waals surface area contributed by atoms with Crippen molar-refractivity contribution in [3.05, 3.63) is 169 Å². The van der Waals surface area contributed by atoms with Crippen LogP contribution in [0.1, 0.15) is 25.0 Å². The van der Waals surface area contributed by atoms with Crippen molar-refractivity contribution in [3.63, 3.8) is 0 Å². The minimum Gasteiger partial charge on any atom is -0.228 e. The predicted octanol–water partition coefficient (Wildman–Crippen LogP) is 11.8. The molecular weight excluding hydrogens is 569 g/mol. The number of aromatic nitrogens is 2. The molecule has 0 N–H and O–H groups in total. The summed E-state index contributed by atoms with van der Waals surface area (Å²) in [6, 6.07) is 56.5. The summed E-state index contributed by atoms with van der Waals surface area (Å²) in [5.74, 6) is 0.725. The van der Waals surface area contributed by atoms with Crippen LogP contribution in [0.15, 0.2) is 158 Å². The van der Waals surface area contributed by atoms with Crippen molar-refractivity contribution in [3.8, 4) is 56.2 Å². The molecule has 2 nitrogen and oxygen atoms in total. The van der Waals surface area contributed by atoms with E-state index in [9.17, 15) is 0 Å². The maximum atomic E-state index is 5.24. The normalized spacial score (nSPS) is 13.1. The second-order valence-corrected chi connectivity index (χ2v) is 13.0. The zero-order valence-electron chi connectivity index (χ0n) is 26.4. The average Bonchev–Trinajstić information content (AvgIpc) is 3.36. The van der Waals surface area contributed by atoms with Crippen molar-refractivity contribution in [2.75, 3.05) is 0 Å². The Morgan fingerprint density at radius 3 is 1.81 bits per heavy atom. The van der Waals surface area contributed by atoms with E-state index >= 15 is 0 Å². The summed E-state index contributed by atoms with van der Waals surface area (Å²) in [5, 5.41) is 4.75. The van der Waals surface area contributed by atoms with Crippen LogP contribution in [-0.2, 0) is 5.41 Å². The van der Waals surface area contributed by atoms with Crippen LogP contribution in [0.3, 0.4) is 0 Å². The first kappa shape index (κ1) is 27.5. The van der Waals surface area contributed by atoms with Crippen LogP contribution < -0.4 is 0 Å². The summed E-state index contributed by atoms with van der Waals surface area (Å²) in [6.07, 6.45) is 0. The first-order chi connectivity index (χ1) is 23.0. The average molecular weight is 601 g/mol. The molecule has 47 heavy (non-hydrogen) atoms. The van der Waals surface area contributed by atoms with E-state index in [0.29, 0.717) is 0 Å². The molecule has 9 rings (SSSR count). The molecule has 0 saturated carbocycles. The quantitative estimate of drug-likeness (QED) is 0.201. The Labute approximate surface area is 275 Å². The third-order valence-corrected chi connectivity index (χ3v) is 9.90. The van der Waals surface area contributed by atoms with Crippen LogP contribution >= 0.6 is 0 Å². The molecule has 0 atom stereocenters. The minimum absolute atomic E-state index is 0.0530. The van der Waals surface area contributed by atoms with Crippen molar-refractivity contribution >= 4 is 21.5 Å². The fraction of sp³-hybridized carbons (Fsp3) is 0.0667. The summed E-state index contributed by atoms with van der Waals surface area (Å²) < 4.78 is 0. The maximum Gasteiger partial charge on any atom is 0.161 e. The lowest BCUT2D eigenvalue weighted by Crippen LogP contribution is -2.14. The number of benzene rings is 7. The molecule has 0 amide bonds. The first-order valence-corrected chi connectivity index (χ1v) is 16.3. The van der Waals surface area contributed by atoms with Crippen LogP contribution in [0.2, 0.25) is 0 Å². The third-order valence-electron chi connectivity index (χ3n) is 9.90. The molecule has 8 aromatic rings. The van der Waals surface area contributed by atoms with Gasteiger partial charge in [0.25, 0.3) is 0 Å². The number of rotatable bonds is 4.